The van der Waals surface area contributed by atoms with E-state index in [1.807, 2.05) is 0 Å². The number of nitro benzene ring substituents is 1. The molecule has 0 spiro atoms. The number of hydrogen-bond donors (Lipinski definition) is 1. The number of hydrogen-bond acceptors (Lipinski definition) is 3. The van der Waals surface area contributed by atoms with Gasteiger partial charge in [0.05, 0.1) is 11.0 Å². The molecule has 1 aromatic carbocycles. The Bertz CT molecular complexity index is 379. The van der Waals surface area contributed by atoms with Gasteiger partial charge >= 0.3 is 0 Å². The Morgan fingerprint density at radius 2 is 2.21 bits per heavy atom. The van der Waals surface area contributed by atoms with Gasteiger partial charge in [0, 0.05) is 11.8 Å². The molecule has 0 unspecified atom stereocenters. The van der Waals surface area contributed by atoms with Crippen molar-refractivity contribution in [3.63, 3.8) is 0 Å². The molecular weight excluding hydrogens is 205 g/mol. The summed E-state index contributed by atoms with van der Waals surface area (Å²) in [5, 5.41) is 10.4. The van der Waals surface area contributed by atoms with Crippen LogP contribution in [0.5, 0.6) is 0 Å². The lowest BCUT2D eigenvalue weighted by Crippen LogP contribution is -1.90. The number of benzene rings is 1. The third-order valence-corrected chi connectivity index (χ3v) is 1.74. The number of nitro groups is 1. The average Bonchev–Trinajstić information content (AvgIpc) is 2.14. The van der Waals surface area contributed by atoms with Crippen molar-refractivity contribution in [3.05, 3.63) is 45.8 Å². The molecule has 0 amide bonds. The topological polar surface area (TPSA) is 43.1 Å². The lowest BCUT2D eigenvalue weighted by atomic mass is 10.2. The molecule has 0 aliphatic rings. The molecule has 0 N–H and O–H groups in total. The Hall–Kier alpha value is -1.36. The van der Waals surface area contributed by atoms with Gasteiger partial charge in [-0.1, -0.05) is 12.2 Å². The standard InChI is InChI=1S/C9H8FNO2S/c10-8-4-7(2-1-3-14)5-9(6-8)11(12)13/h1-2,4-6,14H,3H2. The summed E-state index contributed by atoms with van der Waals surface area (Å²) in [6, 6.07) is 3.42. The largest absolute Gasteiger partial charge is 0.272 e. The maximum absolute atomic E-state index is 12.9. The fourth-order valence-corrected chi connectivity index (χ4v) is 1.09. The second-order valence-corrected chi connectivity index (χ2v) is 2.95. The van der Waals surface area contributed by atoms with Crippen molar-refractivity contribution in [1.29, 1.82) is 0 Å². The van der Waals surface area contributed by atoms with Gasteiger partial charge in [-0.3, -0.25) is 10.1 Å². The smallest absolute Gasteiger partial charge is 0.258 e. The molecule has 1 rings (SSSR count). The van der Waals surface area contributed by atoms with Gasteiger partial charge in [0.25, 0.3) is 5.69 Å². The lowest BCUT2D eigenvalue weighted by Gasteiger charge is -1.95. The minimum atomic E-state index is -0.624. The van der Waals surface area contributed by atoms with Gasteiger partial charge < -0.3 is 0 Å². The normalized spacial score (nSPS) is 10.7. The highest BCUT2D eigenvalue weighted by molar-refractivity contribution is 7.80. The third kappa shape index (κ3) is 2.85. The number of thiol groups is 1. The minimum absolute atomic E-state index is 0.246. The van der Waals surface area contributed by atoms with Crippen LogP contribution in [0.25, 0.3) is 6.08 Å². The molecule has 0 aliphatic heterocycles. The summed E-state index contributed by atoms with van der Waals surface area (Å²) in [4.78, 5) is 9.75. The van der Waals surface area contributed by atoms with E-state index >= 15 is 0 Å². The highest BCUT2D eigenvalue weighted by Gasteiger charge is 2.07. The summed E-state index contributed by atoms with van der Waals surface area (Å²) < 4.78 is 12.9. The van der Waals surface area contributed by atoms with Crippen LogP contribution >= 0.6 is 12.6 Å². The molecule has 3 nitrogen and oxygen atoms in total. The van der Waals surface area contributed by atoms with Crippen molar-refractivity contribution in [2.24, 2.45) is 0 Å². The summed E-state index contributed by atoms with van der Waals surface area (Å²) in [5.41, 5.74) is 0.217. The zero-order valence-electron chi connectivity index (χ0n) is 7.18. The van der Waals surface area contributed by atoms with Gasteiger partial charge in [-0.25, -0.2) is 4.39 Å². The summed E-state index contributed by atoms with van der Waals surface area (Å²) in [5.74, 6) is -0.109. The Balaban J connectivity index is 3.07. The van der Waals surface area contributed by atoms with Gasteiger partial charge in [0.15, 0.2) is 0 Å². The predicted molar refractivity (Wildman–Crippen MR) is 55.9 cm³/mol. The van der Waals surface area contributed by atoms with E-state index in [9.17, 15) is 14.5 Å². The molecule has 74 valence electrons. The van der Waals surface area contributed by atoms with Gasteiger partial charge in [0.1, 0.15) is 5.82 Å². The Morgan fingerprint density at radius 1 is 1.50 bits per heavy atom. The van der Waals surface area contributed by atoms with Crippen molar-refractivity contribution in [2.75, 3.05) is 5.75 Å². The van der Waals surface area contributed by atoms with Crippen LogP contribution in [0.1, 0.15) is 5.56 Å². The van der Waals surface area contributed by atoms with Gasteiger partial charge in [-0.2, -0.15) is 12.6 Å². The van der Waals surface area contributed by atoms with E-state index in [1.165, 1.54) is 12.1 Å². The molecule has 0 aromatic heterocycles. The fraction of sp³-hybridized carbons (Fsp3) is 0.111. The lowest BCUT2D eigenvalue weighted by molar-refractivity contribution is -0.385. The molecule has 0 saturated carbocycles. The molecule has 1 aromatic rings. The zero-order valence-corrected chi connectivity index (χ0v) is 8.08. The molecule has 0 aliphatic carbocycles. The summed E-state index contributed by atoms with van der Waals surface area (Å²) >= 11 is 3.93. The Kier molecular flexibility index (Phi) is 3.64. The molecule has 0 atom stereocenters. The first-order valence-corrected chi connectivity index (χ1v) is 4.49. The van der Waals surface area contributed by atoms with Crippen LogP contribution in [0.4, 0.5) is 10.1 Å². The number of non-ortho nitro benzene ring substituents is 1. The first-order valence-electron chi connectivity index (χ1n) is 3.86. The fourth-order valence-electron chi connectivity index (χ4n) is 0.987. The molecule has 0 radical (unpaired) electrons. The molecular formula is C9H8FNO2S. The van der Waals surface area contributed by atoms with Gasteiger partial charge in [0.2, 0.25) is 0 Å². The van der Waals surface area contributed by atoms with E-state index in [0.717, 1.165) is 6.07 Å². The van der Waals surface area contributed by atoms with E-state index < -0.39 is 10.7 Å². The maximum Gasteiger partial charge on any atom is 0.272 e. The van der Waals surface area contributed by atoms with Crippen LogP contribution in [0, 0.1) is 15.9 Å². The summed E-state index contributed by atoms with van der Waals surface area (Å²) in [6.45, 7) is 0. The molecule has 5 heteroatoms. The van der Waals surface area contributed by atoms with Crippen LogP contribution in [0.2, 0.25) is 0 Å². The van der Waals surface area contributed by atoms with Crippen LogP contribution < -0.4 is 0 Å². The van der Waals surface area contributed by atoms with Crippen LogP contribution in [-0.4, -0.2) is 10.7 Å². The third-order valence-electron chi connectivity index (χ3n) is 1.53. The van der Waals surface area contributed by atoms with Crippen LogP contribution in [-0.2, 0) is 0 Å². The van der Waals surface area contributed by atoms with E-state index in [4.69, 9.17) is 0 Å². The second kappa shape index (κ2) is 4.76. The second-order valence-electron chi connectivity index (χ2n) is 2.58. The zero-order chi connectivity index (χ0) is 10.6. The van der Waals surface area contributed by atoms with Crippen molar-refractivity contribution in [2.45, 2.75) is 0 Å². The molecule has 0 heterocycles. The van der Waals surface area contributed by atoms with E-state index in [1.54, 1.807) is 12.2 Å². The number of halogens is 1. The monoisotopic (exact) mass is 213 g/mol. The van der Waals surface area contributed by atoms with E-state index in [0.29, 0.717) is 11.3 Å². The highest BCUT2D eigenvalue weighted by atomic mass is 32.1. The van der Waals surface area contributed by atoms with Gasteiger partial charge in [-0.05, 0) is 11.6 Å². The highest BCUT2D eigenvalue weighted by Crippen LogP contribution is 2.17. The Labute approximate surface area is 85.8 Å². The number of nitrogens with zero attached hydrogens (tertiary/aromatic N) is 1. The van der Waals surface area contributed by atoms with Crippen LogP contribution in [0.3, 0.4) is 0 Å². The minimum Gasteiger partial charge on any atom is -0.258 e. The molecule has 0 bridgehead atoms. The summed E-state index contributed by atoms with van der Waals surface area (Å²) in [6.07, 6.45) is 3.27. The molecule has 0 saturated heterocycles. The van der Waals surface area contributed by atoms with E-state index in [-0.39, 0.29) is 5.69 Å². The average molecular weight is 213 g/mol. The van der Waals surface area contributed by atoms with Crippen molar-refractivity contribution in [1.82, 2.24) is 0 Å². The summed E-state index contributed by atoms with van der Waals surface area (Å²) in [7, 11) is 0. The van der Waals surface area contributed by atoms with Crippen molar-refractivity contribution in [3.8, 4) is 0 Å². The van der Waals surface area contributed by atoms with Crippen molar-refractivity contribution < 1.29 is 9.31 Å². The van der Waals surface area contributed by atoms with Crippen LogP contribution in [0.15, 0.2) is 24.3 Å². The first kappa shape index (κ1) is 10.7. The van der Waals surface area contributed by atoms with Crippen molar-refractivity contribution >= 4 is 24.4 Å². The van der Waals surface area contributed by atoms with E-state index in [2.05, 4.69) is 12.6 Å². The Morgan fingerprint density at radius 3 is 2.79 bits per heavy atom. The SMILES string of the molecule is O=[N+]([O-])c1cc(F)cc(C=CCS)c1. The molecule has 14 heavy (non-hydrogen) atoms. The molecule has 0 fully saturated rings. The van der Waals surface area contributed by atoms with Gasteiger partial charge in [-0.15, -0.1) is 0 Å². The number of rotatable bonds is 3. The predicted octanol–water partition coefficient (Wildman–Crippen LogP) is 2.68. The quantitative estimate of drug-likeness (QED) is 0.476. The maximum atomic E-state index is 12.9. The first-order chi connectivity index (χ1) is 6.63.